The molecular formula is C14H15NO. The summed E-state index contributed by atoms with van der Waals surface area (Å²) in [6.07, 6.45) is 3.94. The van der Waals surface area contributed by atoms with E-state index in [-0.39, 0.29) is 5.78 Å². The van der Waals surface area contributed by atoms with Crippen LogP contribution in [0.4, 0.5) is 0 Å². The first-order valence-corrected chi connectivity index (χ1v) is 5.87. The minimum absolute atomic E-state index is 0.133. The van der Waals surface area contributed by atoms with Gasteiger partial charge in [-0.3, -0.25) is 4.79 Å². The molecule has 2 heteroatoms. The molecule has 2 nitrogen and oxygen atoms in total. The van der Waals surface area contributed by atoms with E-state index in [0.717, 1.165) is 16.5 Å². The van der Waals surface area contributed by atoms with Gasteiger partial charge in [0.25, 0.3) is 0 Å². The molecule has 0 unspecified atom stereocenters. The molecule has 0 amide bonds. The molecule has 0 saturated heterocycles. The second kappa shape index (κ2) is 3.48. The summed E-state index contributed by atoms with van der Waals surface area (Å²) in [5, 5.41) is 1.16. The molecule has 1 aliphatic carbocycles. The van der Waals surface area contributed by atoms with Crippen LogP contribution in [0.1, 0.15) is 48.2 Å². The first kappa shape index (κ1) is 9.64. The maximum atomic E-state index is 11.3. The number of fused-ring (bicyclic) bond motifs is 1. The van der Waals surface area contributed by atoms with Gasteiger partial charge in [-0.1, -0.05) is 6.42 Å². The van der Waals surface area contributed by atoms with E-state index in [0.29, 0.717) is 5.92 Å². The highest BCUT2D eigenvalue weighted by Crippen LogP contribution is 2.37. The van der Waals surface area contributed by atoms with E-state index in [2.05, 4.69) is 11.1 Å². The van der Waals surface area contributed by atoms with Crippen LogP contribution < -0.4 is 0 Å². The molecule has 1 fully saturated rings. The minimum Gasteiger partial charge on any atom is -0.358 e. The summed E-state index contributed by atoms with van der Waals surface area (Å²) in [5.74, 6) is 0.849. The molecule has 0 atom stereocenters. The van der Waals surface area contributed by atoms with E-state index in [1.54, 1.807) is 6.92 Å². The Morgan fingerprint density at radius 1 is 1.31 bits per heavy atom. The normalized spacial score (nSPS) is 16.3. The second-order valence-corrected chi connectivity index (χ2v) is 4.71. The standard InChI is InChI=1S/C14H15NO/c1-9(16)11-5-6-13-12(7-11)8-14(15-13)10-3-2-4-10/h5-8,10,15H,2-4H2,1H3. The van der Waals surface area contributed by atoms with Crippen molar-refractivity contribution in [3.05, 3.63) is 35.5 Å². The van der Waals surface area contributed by atoms with Gasteiger partial charge in [-0.25, -0.2) is 0 Å². The fourth-order valence-electron chi connectivity index (χ4n) is 2.31. The molecule has 0 aliphatic heterocycles. The Kier molecular flexibility index (Phi) is 2.10. The third-order valence-electron chi connectivity index (χ3n) is 3.59. The number of rotatable bonds is 2. The molecule has 0 radical (unpaired) electrons. The van der Waals surface area contributed by atoms with E-state index in [1.165, 1.54) is 25.0 Å². The van der Waals surface area contributed by atoms with E-state index >= 15 is 0 Å². The third-order valence-corrected chi connectivity index (χ3v) is 3.59. The van der Waals surface area contributed by atoms with Crippen molar-refractivity contribution in [2.24, 2.45) is 0 Å². The van der Waals surface area contributed by atoms with Crippen LogP contribution in [0, 0.1) is 0 Å². The zero-order valence-electron chi connectivity index (χ0n) is 9.42. The van der Waals surface area contributed by atoms with E-state index in [9.17, 15) is 4.79 Å². The van der Waals surface area contributed by atoms with Crippen molar-refractivity contribution in [1.29, 1.82) is 0 Å². The Bertz CT molecular complexity index is 549. The summed E-state index contributed by atoms with van der Waals surface area (Å²) in [7, 11) is 0. The molecule has 16 heavy (non-hydrogen) atoms. The highest BCUT2D eigenvalue weighted by atomic mass is 16.1. The van der Waals surface area contributed by atoms with E-state index < -0.39 is 0 Å². The van der Waals surface area contributed by atoms with Crippen LogP contribution in [0.5, 0.6) is 0 Å². The zero-order valence-corrected chi connectivity index (χ0v) is 9.42. The highest BCUT2D eigenvalue weighted by Gasteiger charge is 2.21. The van der Waals surface area contributed by atoms with E-state index in [4.69, 9.17) is 0 Å². The molecule has 0 bridgehead atoms. The van der Waals surface area contributed by atoms with Gasteiger partial charge in [0.2, 0.25) is 0 Å². The molecule has 1 saturated carbocycles. The Morgan fingerprint density at radius 2 is 2.12 bits per heavy atom. The summed E-state index contributed by atoms with van der Waals surface area (Å²) >= 11 is 0. The summed E-state index contributed by atoms with van der Waals surface area (Å²) < 4.78 is 0. The van der Waals surface area contributed by atoms with Crippen LogP contribution in [0.15, 0.2) is 24.3 Å². The highest BCUT2D eigenvalue weighted by molar-refractivity contribution is 5.98. The van der Waals surface area contributed by atoms with Gasteiger partial charge in [0.1, 0.15) is 0 Å². The Hall–Kier alpha value is -1.57. The first-order chi connectivity index (χ1) is 7.74. The van der Waals surface area contributed by atoms with Crippen LogP contribution in [-0.4, -0.2) is 10.8 Å². The average Bonchev–Trinajstić information content (AvgIpc) is 2.56. The number of nitrogens with one attached hydrogen (secondary N) is 1. The lowest BCUT2D eigenvalue weighted by molar-refractivity contribution is 0.101. The van der Waals surface area contributed by atoms with Crippen LogP contribution in [0.3, 0.4) is 0 Å². The number of H-pyrrole nitrogens is 1. The largest absolute Gasteiger partial charge is 0.358 e. The van der Waals surface area contributed by atoms with Crippen molar-refractivity contribution < 1.29 is 4.79 Å². The molecule has 1 aromatic heterocycles. The maximum Gasteiger partial charge on any atom is 0.159 e. The molecule has 1 heterocycles. The summed E-state index contributed by atoms with van der Waals surface area (Å²) in [6.45, 7) is 1.61. The summed E-state index contributed by atoms with van der Waals surface area (Å²) in [6, 6.07) is 8.09. The average molecular weight is 213 g/mol. The number of hydrogen-bond acceptors (Lipinski definition) is 1. The lowest BCUT2D eigenvalue weighted by Crippen LogP contribution is -2.08. The monoisotopic (exact) mass is 213 g/mol. The van der Waals surface area contributed by atoms with Crippen LogP contribution in [0.25, 0.3) is 10.9 Å². The predicted octanol–water partition coefficient (Wildman–Crippen LogP) is 3.64. The molecule has 0 spiro atoms. The summed E-state index contributed by atoms with van der Waals surface area (Å²) in [4.78, 5) is 14.7. The number of ketones is 1. The van der Waals surface area contributed by atoms with Gasteiger partial charge in [0.05, 0.1) is 0 Å². The Balaban J connectivity index is 2.06. The number of aromatic amines is 1. The molecular weight excluding hydrogens is 198 g/mol. The summed E-state index contributed by atoms with van der Waals surface area (Å²) in [5.41, 5.74) is 3.28. The molecule has 1 N–H and O–H groups in total. The number of carbonyl (C=O) groups excluding carboxylic acids is 1. The lowest BCUT2D eigenvalue weighted by Gasteiger charge is -2.23. The molecule has 3 rings (SSSR count). The van der Waals surface area contributed by atoms with Gasteiger partial charge in [-0.15, -0.1) is 0 Å². The number of carbonyl (C=O) groups is 1. The smallest absolute Gasteiger partial charge is 0.159 e. The SMILES string of the molecule is CC(=O)c1ccc2[nH]c(C3CCC3)cc2c1. The number of aromatic nitrogens is 1. The zero-order chi connectivity index (χ0) is 11.1. The quantitative estimate of drug-likeness (QED) is 0.759. The van der Waals surface area contributed by atoms with Gasteiger partial charge in [0.15, 0.2) is 5.78 Å². The van der Waals surface area contributed by atoms with Gasteiger partial charge < -0.3 is 4.98 Å². The van der Waals surface area contributed by atoms with Crippen molar-refractivity contribution in [3.63, 3.8) is 0 Å². The van der Waals surface area contributed by atoms with Gasteiger partial charge in [-0.05, 0) is 49.9 Å². The van der Waals surface area contributed by atoms with Crippen molar-refractivity contribution >= 4 is 16.7 Å². The number of benzene rings is 1. The van der Waals surface area contributed by atoms with Crippen LogP contribution in [0.2, 0.25) is 0 Å². The van der Waals surface area contributed by atoms with Crippen molar-refractivity contribution in [2.75, 3.05) is 0 Å². The first-order valence-electron chi connectivity index (χ1n) is 5.87. The second-order valence-electron chi connectivity index (χ2n) is 4.71. The van der Waals surface area contributed by atoms with Gasteiger partial charge in [-0.2, -0.15) is 0 Å². The molecule has 82 valence electrons. The van der Waals surface area contributed by atoms with E-state index in [1.807, 2.05) is 18.2 Å². The van der Waals surface area contributed by atoms with Crippen molar-refractivity contribution in [2.45, 2.75) is 32.1 Å². The van der Waals surface area contributed by atoms with Gasteiger partial charge in [0, 0.05) is 22.2 Å². The molecule has 1 aliphatic rings. The maximum absolute atomic E-state index is 11.3. The van der Waals surface area contributed by atoms with Crippen LogP contribution in [-0.2, 0) is 0 Å². The predicted molar refractivity (Wildman–Crippen MR) is 64.9 cm³/mol. The minimum atomic E-state index is 0.133. The Morgan fingerprint density at radius 3 is 2.75 bits per heavy atom. The molecule has 1 aromatic carbocycles. The lowest BCUT2D eigenvalue weighted by atomic mass is 9.83. The number of hydrogen-bond donors (Lipinski definition) is 1. The fraction of sp³-hybridized carbons (Fsp3) is 0.357. The Labute approximate surface area is 94.7 Å². The van der Waals surface area contributed by atoms with Crippen LogP contribution >= 0.6 is 0 Å². The number of Topliss-reactive ketones (excluding diaryl/α,β-unsaturated/α-hetero) is 1. The topological polar surface area (TPSA) is 32.9 Å². The fourth-order valence-corrected chi connectivity index (χ4v) is 2.31. The third kappa shape index (κ3) is 1.45. The molecule has 2 aromatic rings. The van der Waals surface area contributed by atoms with Crippen molar-refractivity contribution in [3.8, 4) is 0 Å². The van der Waals surface area contributed by atoms with Crippen molar-refractivity contribution in [1.82, 2.24) is 4.98 Å². The van der Waals surface area contributed by atoms with Gasteiger partial charge >= 0.3 is 0 Å².